The predicted molar refractivity (Wildman–Crippen MR) is 145 cm³/mol. The molecule has 4 heteroatoms. The summed E-state index contributed by atoms with van der Waals surface area (Å²) >= 11 is 0. The lowest BCUT2D eigenvalue weighted by Crippen LogP contribution is -2.30. The quantitative estimate of drug-likeness (QED) is 0.254. The van der Waals surface area contributed by atoms with Crippen LogP contribution in [0.1, 0.15) is 5.56 Å². The maximum absolute atomic E-state index is 6.51. The number of oxazole rings is 1. The molecule has 0 radical (unpaired) electrons. The molecule has 0 N–H and O–H groups in total. The first-order valence-corrected chi connectivity index (χ1v) is 12.1. The monoisotopic (exact) mass is 466 g/mol. The molecular formula is C32H24N3O+. The fourth-order valence-corrected chi connectivity index (χ4v) is 5.31. The molecule has 0 saturated heterocycles. The number of para-hydroxylation sites is 2. The van der Waals surface area contributed by atoms with Crippen molar-refractivity contribution in [2.45, 2.75) is 6.92 Å². The summed E-state index contributed by atoms with van der Waals surface area (Å²) in [6.07, 6.45) is 0. The van der Waals surface area contributed by atoms with Crippen molar-refractivity contribution < 1.29 is 8.98 Å². The zero-order valence-corrected chi connectivity index (χ0v) is 20.1. The average Bonchev–Trinajstić information content (AvgIpc) is 3.48. The summed E-state index contributed by atoms with van der Waals surface area (Å²) in [5.74, 6) is 1.69. The van der Waals surface area contributed by atoms with Gasteiger partial charge in [-0.25, -0.2) is 9.55 Å². The third-order valence-corrected chi connectivity index (χ3v) is 7.03. The summed E-state index contributed by atoms with van der Waals surface area (Å²) in [7, 11) is 2.13. The second-order valence-corrected chi connectivity index (χ2v) is 9.20. The highest BCUT2D eigenvalue weighted by Gasteiger charge is 2.31. The third-order valence-electron chi connectivity index (χ3n) is 7.03. The number of fused-ring (bicyclic) bond motifs is 3. The fraction of sp³-hybridized carbons (Fsp3) is 0.0625. The van der Waals surface area contributed by atoms with E-state index in [1.165, 1.54) is 10.8 Å². The SMILES string of the molecule is Cc1ccc2nc(-c3ccccc3)oc2c1-c1n(-c2cccc3ccccc23)c2ccccc2[n+]1C. The van der Waals surface area contributed by atoms with Crippen molar-refractivity contribution in [3.05, 3.63) is 115 Å². The van der Waals surface area contributed by atoms with Crippen LogP contribution < -0.4 is 4.57 Å². The third kappa shape index (κ3) is 3.01. The van der Waals surface area contributed by atoms with Crippen molar-refractivity contribution in [1.82, 2.24) is 9.55 Å². The molecule has 5 aromatic carbocycles. The normalized spacial score (nSPS) is 11.6. The van der Waals surface area contributed by atoms with Gasteiger partial charge in [0.1, 0.15) is 16.8 Å². The van der Waals surface area contributed by atoms with E-state index in [0.29, 0.717) is 5.89 Å². The summed E-state index contributed by atoms with van der Waals surface area (Å²) in [5, 5.41) is 2.41. The minimum absolute atomic E-state index is 0.632. The molecule has 0 amide bonds. The van der Waals surface area contributed by atoms with E-state index in [0.717, 1.165) is 50.3 Å². The van der Waals surface area contributed by atoms with E-state index < -0.39 is 0 Å². The van der Waals surface area contributed by atoms with Gasteiger partial charge in [0.15, 0.2) is 16.6 Å². The largest absolute Gasteiger partial charge is 0.435 e. The number of benzene rings is 5. The van der Waals surface area contributed by atoms with Crippen LogP contribution in [0.5, 0.6) is 0 Å². The maximum atomic E-state index is 6.51. The Hall–Kier alpha value is -4.70. The molecule has 2 aromatic heterocycles. The van der Waals surface area contributed by atoms with Gasteiger partial charge in [-0.3, -0.25) is 0 Å². The number of hydrogen-bond acceptors (Lipinski definition) is 2. The smallest absolute Gasteiger partial charge is 0.299 e. The fourth-order valence-electron chi connectivity index (χ4n) is 5.31. The van der Waals surface area contributed by atoms with Crippen LogP contribution in [0.3, 0.4) is 0 Å². The van der Waals surface area contributed by atoms with Gasteiger partial charge < -0.3 is 4.42 Å². The molecule has 0 aliphatic rings. The van der Waals surface area contributed by atoms with Crippen molar-refractivity contribution in [2.75, 3.05) is 0 Å². The van der Waals surface area contributed by atoms with Crippen LogP contribution in [-0.2, 0) is 7.05 Å². The Morgan fingerprint density at radius 3 is 2.39 bits per heavy atom. The molecule has 0 atom stereocenters. The van der Waals surface area contributed by atoms with Gasteiger partial charge >= 0.3 is 0 Å². The molecule has 7 rings (SSSR count). The van der Waals surface area contributed by atoms with Gasteiger partial charge in [-0.05, 0) is 54.3 Å². The standard InChI is InChI=1S/C32H24N3O/c1-21-19-20-25-30(36-31(33-25)23-12-4-3-5-13-23)29(21)32-34(2)27-16-8-9-17-28(27)35(32)26-18-10-14-22-11-6-7-15-24(22)26/h3-20H,1-2H3/q+1. The minimum atomic E-state index is 0.632. The molecule has 4 nitrogen and oxygen atoms in total. The van der Waals surface area contributed by atoms with Gasteiger partial charge in [0.05, 0.1) is 7.05 Å². The van der Waals surface area contributed by atoms with Crippen LogP contribution in [0.25, 0.3) is 61.4 Å². The summed E-state index contributed by atoms with van der Waals surface area (Å²) in [4.78, 5) is 4.86. The number of nitrogens with zero attached hydrogens (tertiary/aromatic N) is 3. The summed E-state index contributed by atoms with van der Waals surface area (Å²) in [6, 6.07) is 37.9. The highest BCUT2D eigenvalue weighted by atomic mass is 16.3. The highest BCUT2D eigenvalue weighted by molar-refractivity contribution is 5.96. The van der Waals surface area contributed by atoms with Crippen molar-refractivity contribution >= 4 is 32.9 Å². The van der Waals surface area contributed by atoms with E-state index >= 15 is 0 Å². The van der Waals surface area contributed by atoms with E-state index in [2.05, 4.69) is 102 Å². The molecule has 0 bridgehead atoms. The summed E-state index contributed by atoms with van der Waals surface area (Å²) < 4.78 is 11.1. The second-order valence-electron chi connectivity index (χ2n) is 9.20. The van der Waals surface area contributed by atoms with Crippen LogP contribution in [0.4, 0.5) is 0 Å². The van der Waals surface area contributed by atoms with E-state index in [1.807, 2.05) is 30.3 Å². The van der Waals surface area contributed by atoms with E-state index in [4.69, 9.17) is 9.40 Å². The molecule has 172 valence electrons. The Morgan fingerprint density at radius 1 is 0.750 bits per heavy atom. The second kappa shape index (κ2) is 7.92. The van der Waals surface area contributed by atoms with Gasteiger partial charge in [0.25, 0.3) is 5.82 Å². The topological polar surface area (TPSA) is 34.8 Å². The summed E-state index contributed by atoms with van der Waals surface area (Å²) in [5.41, 5.74) is 8.24. The van der Waals surface area contributed by atoms with Crippen molar-refractivity contribution in [2.24, 2.45) is 7.05 Å². The van der Waals surface area contributed by atoms with Gasteiger partial charge in [-0.1, -0.05) is 72.8 Å². The Morgan fingerprint density at radius 2 is 1.50 bits per heavy atom. The molecule has 36 heavy (non-hydrogen) atoms. The van der Waals surface area contributed by atoms with Gasteiger partial charge in [0, 0.05) is 10.9 Å². The van der Waals surface area contributed by atoms with Crippen molar-refractivity contribution in [1.29, 1.82) is 0 Å². The van der Waals surface area contributed by atoms with Gasteiger partial charge in [-0.15, -0.1) is 0 Å². The molecule has 0 fully saturated rings. The first kappa shape index (κ1) is 20.7. The summed E-state index contributed by atoms with van der Waals surface area (Å²) in [6.45, 7) is 2.14. The van der Waals surface area contributed by atoms with Gasteiger partial charge in [0.2, 0.25) is 5.89 Å². The van der Waals surface area contributed by atoms with Crippen LogP contribution >= 0.6 is 0 Å². The van der Waals surface area contributed by atoms with Gasteiger partial charge in [-0.2, -0.15) is 4.57 Å². The van der Waals surface area contributed by atoms with Crippen molar-refractivity contribution in [3.63, 3.8) is 0 Å². The average molecular weight is 467 g/mol. The zero-order chi connectivity index (χ0) is 24.2. The minimum Gasteiger partial charge on any atom is -0.435 e. The lowest BCUT2D eigenvalue weighted by atomic mass is 10.1. The van der Waals surface area contributed by atoms with Crippen LogP contribution in [0, 0.1) is 6.92 Å². The Balaban J connectivity index is 1.61. The molecule has 0 saturated carbocycles. The molecule has 0 spiro atoms. The Kier molecular flexibility index (Phi) is 4.55. The maximum Gasteiger partial charge on any atom is 0.299 e. The first-order chi connectivity index (χ1) is 17.7. The number of imidazole rings is 1. The Labute approximate surface area is 208 Å². The van der Waals surface area contributed by atoms with Crippen LogP contribution in [0.2, 0.25) is 0 Å². The van der Waals surface area contributed by atoms with Crippen LogP contribution in [-0.4, -0.2) is 9.55 Å². The number of aryl methyl sites for hydroxylation is 2. The van der Waals surface area contributed by atoms with E-state index in [9.17, 15) is 0 Å². The van der Waals surface area contributed by atoms with Crippen molar-refractivity contribution in [3.8, 4) is 28.5 Å². The molecule has 0 aliphatic heterocycles. The highest BCUT2D eigenvalue weighted by Crippen LogP contribution is 2.37. The molecule has 2 heterocycles. The molecule has 0 unspecified atom stereocenters. The number of hydrogen-bond donors (Lipinski definition) is 0. The molecule has 0 aliphatic carbocycles. The Bertz CT molecular complexity index is 1910. The zero-order valence-electron chi connectivity index (χ0n) is 20.1. The predicted octanol–water partition coefficient (Wildman–Crippen LogP) is 7.39. The van der Waals surface area contributed by atoms with E-state index in [1.54, 1.807) is 0 Å². The lowest BCUT2D eigenvalue weighted by molar-refractivity contribution is -0.633. The number of aromatic nitrogens is 3. The number of rotatable bonds is 3. The lowest BCUT2D eigenvalue weighted by Gasteiger charge is -2.09. The van der Waals surface area contributed by atoms with Crippen LogP contribution in [0.15, 0.2) is 114 Å². The molecule has 7 aromatic rings. The molecular weight excluding hydrogens is 442 g/mol. The first-order valence-electron chi connectivity index (χ1n) is 12.1. The van der Waals surface area contributed by atoms with E-state index in [-0.39, 0.29) is 0 Å².